The Balaban J connectivity index is 1.31. The average Bonchev–Trinajstić information content (AvgIpc) is 3.50. The van der Waals surface area contributed by atoms with Gasteiger partial charge < -0.3 is 15.2 Å². The summed E-state index contributed by atoms with van der Waals surface area (Å²) < 4.78 is 7.77. The third-order valence-electron chi connectivity index (χ3n) is 6.82. The molecule has 3 heterocycles. The molecule has 39 heavy (non-hydrogen) atoms. The zero-order valence-electron chi connectivity index (χ0n) is 22.3. The van der Waals surface area contributed by atoms with Crippen LogP contribution in [0.5, 0.6) is 5.75 Å². The molecule has 2 aromatic heterocycles. The molecular formula is C30H32ClN5O3. The lowest BCUT2D eigenvalue weighted by Gasteiger charge is -2.17. The van der Waals surface area contributed by atoms with Crippen molar-refractivity contribution in [2.75, 3.05) is 11.9 Å². The van der Waals surface area contributed by atoms with E-state index in [0.29, 0.717) is 29.6 Å². The second-order valence-electron chi connectivity index (χ2n) is 10.5. The second kappa shape index (κ2) is 11.2. The van der Waals surface area contributed by atoms with Gasteiger partial charge in [-0.25, -0.2) is 14.6 Å². The Morgan fingerprint density at radius 2 is 1.97 bits per heavy atom. The Labute approximate surface area is 233 Å². The number of carbonyl (C=O) groups is 1. The van der Waals surface area contributed by atoms with E-state index < -0.39 is 11.5 Å². The predicted octanol–water partition coefficient (Wildman–Crippen LogP) is 6.02. The van der Waals surface area contributed by atoms with E-state index in [1.165, 1.54) is 6.20 Å². The minimum Gasteiger partial charge on any atom is -0.494 e. The van der Waals surface area contributed by atoms with Crippen molar-refractivity contribution in [3.05, 3.63) is 88.6 Å². The standard InChI is InChI=1S/C30H32ClN5O3/c1-19-10-11-21(39-15-7-14-30(2,3)38)16-22(19)23-17-26(32-18-24(23)31)33-29(37)28-34-27-13-12-25(36(27)35-28)20-8-5-4-6-9-20/h4-6,8-11,16-18,25,38H,7,12-15H2,1-3H3,(H,32,33,37). The number of aromatic nitrogens is 4. The smallest absolute Gasteiger partial charge is 0.296 e. The molecule has 8 nitrogen and oxygen atoms in total. The van der Waals surface area contributed by atoms with Crippen molar-refractivity contribution in [2.24, 2.45) is 0 Å². The first-order valence-corrected chi connectivity index (χ1v) is 13.5. The molecule has 0 radical (unpaired) electrons. The minimum absolute atomic E-state index is 0.0723. The van der Waals surface area contributed by atoms with Crippen LogP contribution in [0.1, 0.15) is 66.7 Å². The number of nitrogens with zero attached hydrogens (tertiary/aromatic N) is 4. The Morgan fingerprint density at radius 3 is 2.74 bits per heavy atom. The van der Waals surface area contributed by atoms with Crippen LogP contribution < -0.4 is 10.1 Å². The number of rotatable bonds is 9. The van der Waals surface area contributed by atoms with Gasteiger partial charge in [0.2, 0.25) is 5.82 Å². The number of carbonyl (C=O) groups excluding carboxylic acids is 1. The number of ether oxygens (including phenoxy) is 1. The van der Waals surface area contributed by atoms with Gasteiger partial charge in [0.25, 0.3) is 5.91 Å². The van der Waals surface area contributed by atoms with Gasteiger partial charge in [0, 0.05) is 18.2 Å². The molecule has 9 heteroatoms. The molecule has 1 aliphatic rings. The number of benzene rings is 2. The molecular weight excluding hydrogens is 514 g/mol. The van der Waals surface area contributed by atoms with Crippen LogP contribution in [0.2, 0.25) is 5.02 Å². The number of hydrogen-bond acceptors (Lipinski definition) is 6. The van der Waals surface area contributed by atoms with Crippen molar-refractivity contribution >= 4 is 23.3 Å². The lowest BCUT2D eigenvalue weighted by Crippen LogP contribution is -2.19. The lowest BCUT2D eigenvalue weighted by atomic mass is 10.0. The summed E-state index contributed by atoms with van der Waals surface area (Å²) in [6, 6.07) is 17.8. The van der Waals surface area contributed by atoms with Crippen molar-refractivity contribution in [1.82, 2.24) is 19.7 Å². The Kier molecular flexibility index (Phi) is 7.68. The SMILES string of the molecule is Cc1ccc(OCCCC(C)(C)O)cc1-c1cc(NC(=O)c2nc3n(n2)C(c2ccccc2)CC3)ncc1Cl. The molecule has 2 N–H and O–H groups in total. The maximum absolute atomic E-state index is 13.1. The quantitative estimate of drug-likeness (QED) is 0.249. The molecule has 202 valence electrons. The van der Waals surface area contributed by atoms with Crippen molar-refractivity contribution in [3.63, 3.8) is 0 Å². The number of aliphatic hydroxyl groups is 1. The molecule has 1 unspecified atom stereocenters. The van der Waals surface area contributed by atoms with Gasteiger partial charge >= 0.3 is 0 Å². The van der Waals surface area contributed by atoms with Crippen LogP contribution in [0.3, 0.4) is 0 Å². The van der Waals surface area contributed by atoms with Gasteiger partial charge in [0.15, 0.2) is 0 Å². The van der Waals surface area contributed by atoms with Gasteiger partial charge in [-0.05, 0) is 74.9 Å². The third-order valence-corrected chi connectivity index (χ3v) is 7.12. The summed E-state index contributed by atoms with van der Waals surface area (Å²) in [5.41, 5.74) is 3.04. The molecule has 0 saturated carbocycles. The molecule has 1 amide bonds. The fourth-order valence-corrected chi connectivity index (χ4v) is 5.01. The first kappa shape index (κ1) is 26.8. The minimum atomic E-state index is -0.719. The monoisotopic (exact) mass is 545 g/mol. The largest absolute Gasteiger partial charge is 0.494 e. The first-order valence-electron chi connectivity index (χ1n) is 13.1. The molecule has 0 spiro atoms. The van der Waals surface area contributed by atoms with Crippen LogP contribution >= 0.6 is 11.6 Å². The highest BCUT2D eigenvalue weighted by atomic mass is 35.5. The first-order chi connectivity index (χ1) is 18.7. The molecule has 1 atom stereocenters. The van der Waals surface area contributed by atoms with Gasteiger partial charge in [-0.2, -0.15) is 0 Å². The number of anilines is 1. The predicted molar refractivity (Wildman–Crippen MR) is 151 cm³/mol. The summed E-state index contributed by atoms with van der Waals surface area (Å²) >= 11 is 6.54. The zero-order chi connectivity index (χ0) is 27.6. The molecule has 2 aromatic carbocycles. The highest BCUT2D eigenvalue weighted by molar-refractivity contribution is 6.33. The van der Waals surface area contributed by atoms with E-state index in [0.717, 1.165) is 47.3 Å². The van der Waals surface area contributed by atoms with Crippen LogP contribution in [-0.2, 0) is 6.42 Å². The molecule has 0 bridgehead atoms. The van der Waals surface area contributed by atoms with Crippen molar-refractivity contribution in [1.29, 1.82) is 0 Å². The van der Waals surface area contributed by atoms with Gasteiger partial charge in [-0.1, -0.05) is 48.0 Å². The maximum Gasteiger partial charge on any atom is 0.296 e. The number of fused-ring (bicyclic) bond motifs is 1. The van der Waals surface area contributed by atoms with Crippen LogP contribution in [-0.4, -0.2) is 43.0 Å². The fraction of sp³-hybridized carbons (Fsp3) is 0.333. The molecule has 0 aliphatic carbocycles. The summed E-state index contributed by atoms with van der Waals surface area (Å²) in [7, 11) is 0. The molecule has 0 fully saturated rings. The Hall–Kier alpha value is -3.75. The second-order valence-corrected chi connectivity index (χ2v) is 10.9. The molecule has 5 rings (SSSR count). The molecule has 4 aromatic rings. The summed E-state index contributed by atoms with van der Waals surface area (Å²) in [5.74, 6) is 1.54. The van der Waals surface area contributed by atoms with Crippen LogP contribution in [0, 0.1) is 6.92 Å². The zero-order valence-corrected chi connectivity index (χ0v) is 23.1. The summed E-state index contributed by atoms with van der Waals surface area (Å²) in [4.78, 5) is 21.9. The van der Waals surface area contributed by atoms with E-state index in [1.54, 1.807) is 19.9 Å². The van der Waals surface area contributed by atoms with E-state index in [4.69, 9.17) is 16.3 Å². The van der Waals surface area contributed by atoms with Crippen molar-refractivity contribution < 1.29 is 14.6 Å². The normalized spacial score (nSPS) is 14.7. The fourth-order valence-electron chi connectivity index (χ4n) is 4.80. The van der Waals surface area contributed by atoms with Gasteiger partial charge in [-0.15, -0.1) is 5.10 Å². The number of aryl methyl sites for hydroxylation is 2. The molecule has 0 saturated heterocycles. The van der Waals surface area contributed by atoms with Gasteiger partial charge in [0.05, 0.1) is 23.3 Å². The highest BCUT2D eigenvalue weighted by Crippen LogP contribution is 2.34. The van der Waals surface area contributed by atoms with Crippen LogP contribution in [0.15, 0.2) is 60.8 Å². The number of halogens is 1. The number of hydrogen-bond donors (Lipinski definition) is 2. The van der Waals surface area contributed by atoms with E-state index in [1.807, 2.05) is 48.0 Å². The number of amides is 1. The maximum atomic E-state index is 13.1. The highest BCUT2D eigenvalue weighted by Gasteiger charge is 2.28. The van der Waals surface area contributed by atoms with Gasteiger partial charge in [-0.3, -0.25) is 4.79 Å². The van der Waals surface area contributed by atoms with Crippen molar-refractivity contribution in [3.8, 4) is 16.9 Å². The Bertz CT molecular complexity index is 1480. The van der Waals surface area contributed by atoms with Gasteiger partial charge in [0.1, 0.15) is 17.4 Å². The third kappa shape index (κ3) is 6.29. The number of pyridine rings is 1. The van der Waals surface area contributed by atoms with E-state index in [9.17, 15) is 9.90 Å². The van der Waals surface area contributed by atoms with Crippen molar-refractivity contribution in [2.45, 2.75) is 58.1 Å². The van der Waals surface area contributed by atoms with E-state index in [2.05, 4.69) is 32.5 Å². The summed E-state index contributed by atoms with van der Waals surface area (Å²) in [6.07, 6.45) is 4.57. The summed E-state index contributed by atoms with van der Waals surface area (Å²) in [5, 5.41) is 17.7. The van der Waals surface area contributed by atoms with Crippen LogP contribution in [0.25, 0.3) is 11.1 Å². The lowest BCUT2D eigenvalue weighted by molar-refractivity contribution is 0.0641. The van der Waals surface area contributed by atoms with E-state index >= 15 is 0 Å². The van der Waals surface area contributed by atoms with Crippen LogP contribution in [0.4, 0.5) is 5.82 Å². The van der Waals surface area contributed by atoms with E-state index in [-0.39, 0.29) is 11.9 Å². The molecule has 1 aliphatic heterocycles. The number of nitrogens with one attached hydrogen (secondary N) is 1. The topological polar surface area (TPSA) is 102 Å². The average molecular weight is 546 g/mol. The Morgan fingerprint density at radius 1 is 1.18 bits per heavy atom. The summed E-state index contributed by atoms with van der Waals surface area (Å²) in [6.45, 7) is 6.05.